The second-order valence-corrected chi connectivity index (χ2v) is 16.8. The lowest BCUT2D eigenvalue weighted by Crippen LogP contribution is -2.37. The van der Waals surface area contributed by atoms with Crippen molar-refractivity contribution in [3.63, 3.8) is 0 Å². The molecule has 0 N–H and O–H groups in total. The van der Waals surface area contributed by atoms with Crippen LogP contribution in [-0.2, 0) is 32.7 Å². The smallest absolute Gasteiger partial charge is 0.306 e. The van der Waals surface area contributed by atoms with Crippen molar-refractivity contribution in [2.24, 2.45) is 0 Å². The molecule has 0 aliphatic carbocycles. The molecule has 0 spiro atoms. The van der Waals surface area contributed by atoms with Crippen LogP contribution in [0.1, 0.15) is 174 Å². The van der Waals surface area contributed by atoms with Crippen molar-refractivity contribution in [3.8, 4) is 0 Å². The van der Waals surface area contributed by atoms with Gasteiger partial charge in [-0.25, -0.2) is 0 Å². The number of quaternary nitrogens is 1. The highest BCUT2D eigenvalue weighted by Gasteiger charge is 2.21. The molecule has 0 fully saturated rings. The minimum atomic E-state index is -4.62. The summed E-state index contributed by atoms with van der Waals surface area (Å²) in [6, 6.07) is 0. The number of esters is 2. The van der Waals surface area contributed by atoms with E-state index in [0.29, 0.717) is 17.4 Å². The molecule has 0 amide bonds. The molecule has 0 aliphatic heterocycles. The first-order valence-corrected chi connectivity index (χ1v) is 22.7. The summed E-state index contributed by atoms with van der Waals surface area (Å²) in [5, 5.41) is 0. The number of allylic oxidation sites excluding steroid dienone is 6. The quantitative estimate of drug-likeness (QED) is 0.0201. The summed E-state index contributed by atoms with van der Waals surface area (Å²) in [4.78, 5) is 37.4. The summed E-state index contributed by atoms with van der Waals surface area (Å²) in [7, 11) is 1.15. The van der Waals surface area contributed by atoms with Crippen LogP contribution in [0.25, 0.3) is 0 Å². The average molecular weight is 770 g/mol. The third-order valence-corrected chi connectivity index (χ3v) is 9.85. The third kappa shape index (κ3) is 39.7. The molecule has 0 bridgehead atoms. The number of unbranched alkanes of at least 4 members (excludes halogenated alkanes) is 18. The average Bonchev–Trinajstić information content (AvgIpc) is 3.10. The van der Waals surface area contributed by atoms with E-state index in [2.05, 4.69) is 50.3 Å². The van der Waals surface area contributed by atoms with Crippen molar-refractivity contribution < 1.29 is 42.1 Å². The standard InChI is InChI=1S/C43H80NO8P/c1-6-8-10-12-14-16-18-20-21-22-23-24-26-27-29-31-33-35-42(45)49-39-41(40-51-53(47,48)50-38-37-44(3,4)5)52-43(46)36-34-32-30-28-25-19-17-15-13-11-9-7-2/h14-17,20-21,41H,6-13,18-19,22-40H2,1-5H3/b16-14+,17-15+,21-20+/t41-/m0/s1. The van der Waals surface area contributed by atoms with E-state index in [1.54, 1.807) is 0 Å². The molecule has 0 rings (SSSR count). The van der Waals surface area contributed by atoms with E-state index in [4.69, 9.17) is 18.5 Å². The molecule has 2 atom stereocenters. The van der Waals surface area contributed by atoms with Crippen LogP contribution < -0.4 is 4.89 Å². The van der Waals surface area contributed by atoms with Gasteiger partial charge in [-0.1, -0.05) is 127 Å². The Hall–Kier alpha value is -1.77. The number of likely N-dealkylation sites (N-methyl/N-ethyl adjacent to an activating group) is 1. The predicted molar refractivity (Wildman–Crippen MR) is 217 cm³/mol. The number of ether oxygens (including phenoxy) is 2. The molecule has 1 unspecified atom stereocenters. The van der Waals surface area contributed by atoms with Gasteiger partial charge in [0.2, 0.25) is 0 Å². The maximum Gasteiger partial charge on any atom is 0.306 e. The van der Waals surface area contributed by atoms with Crippen molar-refractivity contribution in [3.05, 3.63) is 36.5 Å². The van der Waals surface area contributed by atoms with Gasteiger partial charge in [0.1, 0.15) is 19.8 Å². The summed E-state index contributed by atoms with van der Waals surface area (Å²) < 4.78 is 33.8. The number of phosphoric ester groups is 1. The monoisotopic (exact) mass is 770 g/mol. The van der Waals surface area contributed by atoms with Crippen molar-refractivity contribution >= 4 is 19.8 Å². The molecule has 0 radical (unpaired) electrons. The normalized spacial score (nSPS) is 14.0. The second kappa shape index (κ2) is 35.9. The molecular formula is C43H80NO8P. The number of phosphoric acid groups is 1. The lowest BCUT2D eigenvalue weighted by atomic mass is 10.1. The van der Waals surface area contributed by atoms with Crippen LogP contribution in [0.2, 0.25) is 0 Å². The van der Waals surface area contributed by atoms with E-state index in [1.165, 1.54) is 64.2 Å². The number of rotatable bonds is 38. The zero-order valence-corrected chi connectivity index (χ0v) is 35.6. The van der Waals surface area contributed by atoms with Crippen LogP contribution in [0.15, 0.2) is 36.5 Å². The fraction of sp³-hybridized carbons (Fsp3) is 0.814. The Balaban J connectivity index is 4.38. The van der Waals surface area contributed by atoms with E-state index in [9.17, 15) is 19.0 Å². The van der Waals surface area contributed by atoms with Crippen molar-refractivity contribution in [2.45, 2.75) is 180 Å². The largest absolute Gasteiger partial charge is 0.756 e. The van der Waals surface area contributed by atoms with Crippen molar-refractivity contribution in [1.29, 1.82) is 0 Å². The van der Waals surface area contributed by atoms with Crippen LogP contribution in [0.3, 0.4) is 0 Å². The van der Waals surface area contributed by atoms with Gasteiger partial charge in [-0.2, -0.15) is 0 Å². The lowest BCUT2D eigenvalue weighted by Gasteiger charge is -2.28. The Labute approximate surface area is 325 Å². The number of carbonyl (C=O) groups excluding carboxylic acids is 2. The van der Waals surface area contributed by atoms with Crippen LogP contribution in [0.5, 0.6) is 0 Å². The van der Waals surface area contributed by atoms with Gasteiger partial charge in [0.05, 0.1) is 27.7 Å². The summed E-state index contributed by atoms with van der Waals surface area (Å²) in [5.74, 6) is -0.855. The summed E-state index contributed by atoms with van der Waals surface area (Å²) in [6.45, 7) is 4.15. The van der Waals surface area contributed by atoms with Gasteiger partial charge in [0.25, 0.3) is 7.82 Å². The zero-order valence-electron chi connectivity index (χ0n) is 34.7. The van der Waals surface area contributed by atoms with Gasteiger partial charge in [-0.3, -0.25) is 14.2 Å². The van der Waals surface area contributed by atoms with Gasteiger partial charge in [0.15, 0.2) is 6.10 Å². The minimum Gasteiger partial charge on any atom is -0.756 e. The summed E-state index contributed by atoms with van der Waals surface area (Å²) in [5.41, 5.74) is 0. The van der Waals surface area contributed by atoms with Crippen LogP contribution in [0, 0.1) is 0 Å². The Bertz CT molecular complexity index is 1010. The van der Waals surface area contributed by atoms with E-state index in [-0.39, 0.29) is 26.1 Å². The van der Waals surface area contributed by atoms with E-state index in [0.717, 1.165) is 77.0 Å². The molecule has 0 saturated carbocycles. The third-order valence-electron chi connectivity index (χ3n) is 8.88. The van der Waals surface area contributed by atoms with Gasteiger partial charge in [0, 0.05) is 12.8 Å². The summed E-state index contributed by atoms with van der Waals surface area (Å²) in [6.07, 6.45) is 38.8. The highest BCUT2D eigenvalue weighted by Crippen LogP contribution is 2.38. The molecule has 9 nitrogen and oxygen atoms in total. The number of hydrogen-bond acceptors (Lipinski definition) is 8. The van der Waals surface area contributed by atoms with Gasteiger partial charge in [-0.15, -0.1) is 0 Å². The molecule has 0 aromatic carbocycles. The van der Waals surface area contributed by atoms with E-state index < -0.39 is 32.5 Å². The highest BCUT2D eigenvalue weighted by molar-refractivity contribution is 7.45. The first-order valence-electron chi connectivity index (χ1n) is 21.2. The maximum absolute atomic E-state index is 12.6. The van der Waals surface area contributed by atoms with Crippen LogP contribution >= 0.6 is 7.82 Å². The summed E-state index contributed by atoms with van der Waals surface area (Å²) >= 11 is 0. The van der Waals surface area contributed by atoms with Gasteiger partial charge >= 0.3 is 11.9 Å². The topological polar surface area (TPSA) is 111 Å². The highest BCUT2D eigenvalue weighted by atomic mass is 31.2. The van der Waals surface area contributed by atoms with E-state index in [1.807, 2.05) is 21.1 Å². The molecule has 0 heterocycles. The van der Waals surface area contributed by atoms with Gasteiger partial charge in [-0.05, 0) is 70.6 Å². The molecule has 10 heteroatoms. The van der Waals surface area contributed by atoms with Crippen LogP contribution in [-0.4, -0.2) is 70.0 Å². The molecule has 0 aliphatic rings. The lowest BCUT2D eigenvalue weighted by molar-refractivity contribution is -0.870. The SMILES string of the molecule is CCCCC/C=C/C/C=C/CCCCCCCCCC(=O)OC[C@@H](COP(=O)([O-])OCC[N+](C)(C)C)OC(=O)CCCCCCC/C=C/CCCCC. The fourth-order valence-electron chi connectivity index (χ4n) is 5.50. The Morgan fingerprint density at radius 2 is 1.02 bits per heavy atom. The molecule has 53 heavy (non-hydrogen) atoms. The maximum atomic E-state index is 12.6. The first-order chi connectivity index (χ1) is 25.5. The Morgan fingerprint density at radius 3 is 1.51 bits per heavy atom. The van der Waals surface area contributed by atoms with Crippen molar-refractivity contribution in [1.82, 2.24) is 0 Å². The van der Waals surface area contributed by atoms with Crippen molar-refractivity contribution in [2.75, 3.05) is 47.5 Å². The second-order valence-electron chi connectivity index (χ2n) is 15.3. The minimum absolute atomic E-state index is 0.0341. The number of hydrogen-bond donors (Lipinski definition) is 0. The number of carbonyl (C=O) groups is 2. The predicted octanol–water partition coefficient (Wildman–Crippen LogP) is 11.1. The molecule has 0 saturated heterocycles. The van der Waals surface area contributed by atoms with Crippen LogP contribution in [0.4, 0.5) is 0 Å². The zero-order chi connectivity index (χ0) is 39.3. The van der Waals surface area contributed by atoms with E-state index >= 15 is 0 Å². The molecule has 0 aromatic heterocycles. The Kier molecular flexibility index (Phi) is 34.7. The first kappa shape index (κ1) is 51.2. The molecular weight excluding hydrogens is 689 g/mol. The molecule has 0 aromatic rings. The van der Waals surface area contributed by atoms with Gasteiger partial charge < -0.3 is 27.9 Å². The Morgan fingerprint density at radius 1 is 0.585 bits per heavy atom. The number of nitrogens with zero attached hydrogens (tertiary/aromatic N) is 1. The fourth-order valence-corrected chi connectivity index (χ4v) is 6.23. The molecule has 310 valence electrons.